The van der Waals surface area contributed by atoms with Gasteiger partial charge in [-0.05, 0) is 59.5 Å². The van der Waals surface area contributed by atoms with Crippen molar-refractivity contribution in [3.05, 3.63) is 26.8 Å². The molecule has 1 aromatic rings. The summed E-state index contributed by atoms with van der Waals surface area (Å²) in [5.74, 6) is 0.819. The molecule has 2 rings (SSSR count). The molecule has 1 saturated carbocycles. The van der Waals surface area contributed by atoms with Crippen LogP contribution in [0, 0.1) is 9.49 Å². The Kier molecular flexibility index (Phi) is 6.09. The van der Waals surface area contributed by atoms with Crippen molar-refractivity contribution in [1.82, 2.24) is 0 Å². The topological polar surface area (TPSA) is 12.0 Å². The van der Waals surface area contributed by atoms with E-state index in [4.69, 9.17) is 11.6 Å². The third-order valence-corrected chi connectivity index (χ3v) is 4.73. The highest BCUT2D eigenvalue weighted by Gasteiger charge is 2.11. The largest absolute Gasteiger partial charge is 0.384 e. The van der Waals surface area contributed by atoms with Gasteiger partial charge in [0.05, 0.1) is 10.7 Å². The van der Waals surface area contributed by atoms with Crippen LogP contribution in [0.5, 0.6) is 0 Å². The molecule has 1 nitrogen and oxygen atoms in total. The van der Waals surface area contributed by atoms with Gasteiger partial charge in [0.1, 0.15) is 0 Å². The molecular formula is C15H21ClIN. The molecule has 18 heavy (non-hydrogen) atoms. The smallest absolute Gasteiger partial charge is 0.0638 e. The van der Waals surface area contributed by atoms with E-state index in [1.54, 1.807) is 0 Å². The van der Waals surface area contributed by atoms with Crippen LogP contribution in [0.25, 0.3) is 0 Å². The van der Waals surface area contributed by atoms with E-state index >= 15 is 0 Å². The highest BCUT2D eigenvalue weighted by Crippen LogP contribution is 2.26. The van der Waals surface area contributed by atoms with Crippen molar-refractivity contribution in [2.45, 2.75) is 44.9 Å². The first-order chi connectivity index (χ1) is 8.75. The summed E-state index contributed by atoms with van der Waals surface area (Å²) in [6, 6.07) is 6.15. The molecule has 1 fully saturated rings. The SMILES string of the molecule is Clc1ccc(I)cc1NCC1CCCCCCC1. The molecule has 3 heteroatoms. The van der Waals surface area contributed by atoms with Crippen molar-refractivity contribution >= 4 is 39.9 Å². The molecule has 1 aromatic carbocycles. The molecule has 0 aromatic heterocycles. The third kappa shape index (κ3) is 4.61. The van der Waals surface area contributed by atoms with Gasteiger partial charge >= 0.3 is 0 Å². The van der Waals surface area contributed by atoms with Gasteiger partial charge in [0.2, 0.25) is 0 Å². The van der Waals surface area contributed by atoms with Gasteiger partial charge in [-0.1, -0.05) is 43.7 Å². The minimum Gasteiger partial charge on any atom is -0.384 e. The Morgan fingerprint density at radius 1 is 1.11 bits per heavy atom. The van der Waals surface area contributed by atoms with Crippen LogP contribution in [-0.4, -0.2) is 6.54 Å². The second-order valence-corrected chi connectivity index (χ2v) is 6.87. The zero-order valence-corrected chi connectivity index (χ0v) is 13.6. The Morgan fingerprint density at radius 2 is 1.78 bits per heavy atom. The van der Waals surface area contributed by atoms with Crippen LogP contribution >= 0.6 is 34.2 Å². The highest BCUT2D eigenvalue weighted by atomic mass is 127. The molecule has 0 radical (unpaired) electrons. The summed E-state index contributed by atoms with van der Waals surface area (Å²) in [6.45, 7) is 1.07. The minimum absolute atomic E-state index is 0.819. The number of hydrogen-bond acceptors (Lipinski definition) is 1. The fraction of sp³-hybridized carbons (Fsp3) is 0.600. The van der Waals surface area contributed by atoms with Crippen molar-refractivity contribution in [1.29, 1.82) is 0 Å². The lowest BCUT2D eigenvalue weighted by molar-refractivity contribution is 0.392. The first kappa shape index (κ1) is 14.4. The normalized spacial score (nSPS) is 18.1. The Labute approximate surface area is 129 Å². The number of anilines is 1. The zero-order valence-electron chi connectivity index (χ0n) is 10.7. The van der Waals surface area contributed by atoms with E-state index in [1.165, 1.54) is 48.5 Å². The quantitative estimate of drug-likeness (QED) is 0.665. The number of rotatable bonds is 3. The molecule has 0 aliphatic heterocycles. The van der Waals surface area contributed by atoms with Crippen LogP contribution in [0.2, 0.25) is 5.02 Å². The van der Waals surface area contributed by atoms with Crippen molar-refractivity contribution in [2.24, 2.45) is 5.92 Å². The van der Waals surface area contributed by atoms with Crippen molar-refractivity contribution < 1.29 is 0 Å². The number of hydrogen-bond donors (Lipinski definition) is 1. The van der Waals surface area contributed by atoms with Crippen molar-refractivity contribution in [3.8, 4) is 0 Å². The van der Waals surface area contributed by atoms with Crippen LogP contribution in [0.4, 0.5) is 5.69 Å². The lowest BCUT2D eigenvalue weighted by Gasteiger charge is -2.21. The Bertz CT molecular complexity index is 373. The fourth-order valence-corrected chi connectivity index (χ4v) is 3.31. The third-order valence-electron chi connectivity index (χ3n) is 3.73. The van der Waals surface area contributed by atoms with Crippen molar-refractivity contribution in [2.75, 3.05) is 11.9 Å². The van der Waals surface area contributed by atoms with E-state index in [0.717, 1.165) is 23.2 Å². The van der Waals surface area contributed by atoms with E-state index in [1.807, 2.05) is 12.1 Å². The second kappa shape index (κ2) is 7.59. The van der Waals surface area contributed by atoms with Gasteiger partial charge in [-0.25, -0.2) is 0 Å². The van der Waals surface area contributed by atoms with E-state index in [0.29, 0.717) is 0 Å². The average molecular weight is 378 g/mol. The van der Waals surface area contributed by atoms with Gasteiger partial charge in [-0.2, -0.15) is 0 Å². The molecule has 0 atom stereocenters. The Morgan fingerprint density at radius 3 is 2.50 bits per heavy atom. The number of benzene rings is 1. The first-order valence-corrected chi connectivity index (χ1v) is 8.40. The summed E-state index contributed by atoms with van der Waals surface area (Å²) in [7, 11) is 0. The molecule has 1 aliphatic rings. The van der Waals surface area contributed by atoms with Crippen LogP contribution in [0.15, 0.2) is 18.2 Å². The fourth-order valence-electron chi connectivity index (χ4n) is 2.63. The van der Waals surface area contributed by atoms with Gasteiger partial charge in [-0.15, -0.1) is 0 Å². The molecule has 0 amide bonds. The van der Waals surface area contributed by atoms with Crippen molar-refractivity contribution in [3.63, 3.8) is 0 Å². The second-order valence-electron chi connectivity index (χ2n) is 5.22. The van der Waals surface area contributed by atoms with E-state index in [-0.39, 0.29) is 0 Å². The molecule has 0 bridgehead atoms. The molecular weight excluding hydrogens is 357 g/mol. The standard InChI is InChI=1S/C15H21ClIN/c16-14-9-8-13(17)10-15(14)18-11-12-6-4-2-1-3-5-7-12/h8-10,12,18H,1-7,11H2. The maximum absolute atomic E-state index is 6.21. The average Bonchev–Trinajstić information content (AvgIpc) is 2.32. The molecule has 0 saturated heterocycles. The van der Waals surface area contributed by atoms with Crippen LogP contribution < -0.4 is 5.32 Å². The predicted molar refractivity (Wildman–Crippen MR) is 88.5 cm³/mol. The van der Waals surface area contributed by atoms with Gasteiger partial charge in [-0.3, -0.25) is 0 Å². The molecule has 0 unspecified atom stereocenters. The Balaban J connectivity index is 1.87. The summed E-state index contributed by atoms with van der Waals surface area (Å²) < 4.78 is 1.23. The van der Waals surface area contributed by atoms with Gasteiger partial charge in [0.25, 0.3) is 0 Å². The summed E-state index contributed by atoms with van der Waals surface area (Å²) in [4.78, 5) is 0. The summed E-state index contributed by atoms with van der Waals surface area (Å²) in [5.41, 5.74) is 1.09. The Hall–Kier alpha value is 0.0400. The zero-order chi connectivity index (χ0) is 12.8. The van der Waals surface area contributed by atoms with E-state index in [2.05, 4.69) is 34.0 Å². The first-order valence-electron chi connectivity index (χ1n) is 6.94. The lowest BCUT2D eigenvalue weighted by Crippen LogP contribution is -2.15. The highest BCUT2D eigenvalue weighted by molar-refractivity contribution is 14.1. The van der Waals surface area contributed by atoms with E-state index < -0.39 is 0 Å². The minimum atomic E-state index is 0.819. The molecule has 0 heterocycles. The van der Waals surface area contributed by atoms with Gasteiger partial charge in [0.15, 0.2) is 0 Å². The summed E-state index contributed by atoms with van der Waals surface area (Å²) in [5, 5.41) is 4.37. The van der Waals surface area contributed by atoms with Crippen LogP contribution in [0.1, 0.15) is 44.9 Å². The maximum atomic E-state index is 6.21. The van der Waals surface area contributed by atoms with E-state index in [9.17, 15) is 0 Å². The van der Waals surface area contributed by atoms with Crippen LogP contribution in [0.3, 0.4) is 0 Å². The molecule has 0 spiro atoms. The van der Waals surface area contributed by atoms with Gasteiger partial charge < -0.3 is 5.32 Å². The van der Waals surface area contributed by atoms with Crippen LogP contribution in [-0.2, 0) is 0 Å². The predicted octanol–water partition coefficient (Wildman–Crippen LogP) is 5.72. The maximum Gasteiger partial charge on any atom is 0.0638 e. The number of halogens is 2. The summed E-state index contributed by atoms with van der Waals surface area (Å²) >= 11 is 8.54. The molecule has 1 N–H and O–H groups in total. The molecule has 1 aliphatic carbocycles. The summed E-state index contributed by atoms with van der Waals surface area (Å²) in [6.07, 6.45) is 9.80. The monoisotopic (exact) mass is 377 g/mol. The van der Waals surface area contributed by atoms with Gasteiger partial charge in [0, 0.05) is 10.1 Å². The molecule has 100 valence electrons. The lowest BCUT2D eigenvalue weighted by atomic mass is 9.91. The number of nitrogens with one attached hydrogen (secondary N) is 1.